The van der Waals surface area contributed by atoms with Crippen LogP contribution in [0.3, 0.4) is 0 Å². The van der Waals surface area contributed by atoms with Gasteiger partial charge >= 0.3 is 0 Å². The molecule has 0 amide bonds. The first-order valence-corrected chi connectivity index (χ1v) is 8.18. The zero-order valence-corrected chi connectivity index (χ0v) is 12.2. The molecule has 1 saturated heterocycles. The molecule has 1 aliphatic heterocycles. The van der Waals surface area contributed by atoms with Crippen molar-refractivity contribution in [2.75, 3.05) is 18.1 Å². The van der Waals surface area contributed by atoms with Crippen LogP contribution in [-0.4, -0.2) is 36.2 Å². The van der Waals surface area contributed by atoms with E-state index in [2.05, 4.69) is 10.4 Å². The fourth-order valence-electron chi connectivity index (χ4n) is 2.31. The topological polar surface area (TPSA) is 64.0 Å². The molecule has 1 fully saturated rings. The maximum Gasteiger partial charge on any atom is 0.150 e. The summed E-state index contributed by atoms with van der Waals surface area (Å²) in [6.07, 6.45) is 0.759. The molecule has 0 spiro atoms. The van der Waals surface area contributed by atoms with E-state index in [1.165, 1.54) is 0 Å². The Hall–Kier alpha value is -0.590. The van der Waals surface area contributed by atoms with Crippen LogP contribution < -0.4 is 5.32 Å². The highest BCUT2D eigenvalue weighted by Crippen LogP contribution is 2.20. The van der Waals surface area contributed by atoms with Crippen molar-refractivity contribution in [2.45, 2.75) is 19.9 Å². The van der Waals surface area contributed by atoms with Gasteiger partial charge in [0.15, 0.2) is 9.84 Å². The van der Waals surface area contributed by atoms with Crippen LogP contribution in [0.25, 0.3) is 0 Å². The molecule has 2 heterocycles. The van der Waals surface area contributed by atoms with E-state index in [1.54, 1.807) is 4.68 Å². The number of aryl methyl sites for hydroxylation is 2. The van der Waals surface area contributed by atoms with Crippen LogP contribution in [0.4, 0.5) is 0 Å². The standard InChI is InChI=1S/C11H18ClN3O2S/c1-8-10(11(12)15(2)14-8)6-13-5-9-3-4-18(16,17)7-9/h9,13H,3-7H2,1-2H3. The quantitative estimate of drug-likeness (QED) is 0.895. The van der Waals surface area contributed by atoms with Crippen LogP contribution in [0.2, 0.25) is 5.15 Å². The molecule has 1 aromatic rings. The first-order valence-electron chi connectivity index (χ1n) is 5.98. The van der Waals surface area contributed by atoms with E-state index in [0.29, 0.717) is 29.7 Å². The van der Waals surface area contributed by atoms with Crippen molar-refractivity contribution >= 4 is 21.4 Å². The largest absolute Gasteiger partial charge is 0.312 e. The van der Waals surface area contributed by atoms with E-state index < -0.39 is 9.84 Å². The summed E-state index contributed by atoms with van der Waals surface area (Å²) in [7, 11) is -0.977. The summed E-state index contributed by atoms with van der Waals surface area (Å²) in [5.74, 6) is 0.858. The highest BCUT2D eigenvalue weighted by molar-refractivity contribution is 7.91. The Morgan fingerprint density at radius 2 is 2.28 bits per heavy atom. The van der Waals surface area contributed by atoms with Gasteiger partial charge in [-0.1, -0.05) is 11.6 Å². The second kappa shape index (κ2) is 5.19. The summed E-state index contributed by atoms with van der Waals surface area (Å²) in [5.41, 5.74) is 1.90. The van der Waals surface area contributed by atoms with Crippen LogP contribution in [0.15, 0.2) is 0 Å². The monoisotopic (exact) mass is 291 g/mol. The van der Waals surface area contributed by atoms with E-state index in [0.717, 1.165) is 17.7 Å². The van der Waals surface area contributed by atoms with Crippen LogP contribution in [0.5, 0.6) is 0 Å². The Morgan fingerprint density at radius 1 is 1.56 bits per heavy atom. The van der Waals surface area contributed by atoms with Gasteiger partial charge in [-0.25, -0.2) is 8.42 Å². The van der Waals surface area contributed by atoms with E-state index in [4.69, 9.17) is 11.6 Å². The number of sulfone groups is 1. The molecule has 18 heavy (non-hydrogen) atoms. The first kappa shape index (κ1) is 13.8. The highest BCUT2D eigenvalue weighted by atomic mass is 35.5. The lowest BCUT2D eigenvalue weighted by Gasteiger charge is -2.09. The van der Waals surface area contributed by atoms with Gasteiger partial charge in [-0.05, 0) is 25.8 Å². The van der Waals surface area contributed by atoms with Gasteiger partial charge in [0.05, 0.1) is 17.2 Å². The van der Waals surface area contributed by atoms with Crippen LogP contribution >= 0.6 is 11.6 Å². The van der Waals surface area contributed by atoms with Gasteiger partial charge in [-0.2, -0.15) is 5.10 Å². The number of nitrogens with zero attached hydrogens (tertiary/aromatic N) is 2. The minimum atomic E-state index is -2.79. The lowest BCUT2D eigenvalue weighted by Crippen LogP contribution is -2.23. The lowest BCUT2D eigenvalue weighted by atomic mass is 10.1. The van der Waals surface area contributed by atoms with Crippen LogP contribution in [-0.2, 0) is 23.4 Å². The van der Waals surface area contributed by atoms with Crippen molar-refractivity contribution in [1.29, 1.82) is 0 Å². The number of hydrogen-bond donors (Lipinski definition) is 1. The first-order chi connectivity index (χ1) is 8.39. The van der Waals surface area contributed by atoms with Gasteiger partial charge in [0.1, 0.15) is 5.15 Å². The predicted octanol–water partition coefficient (Wildman–Crippen LogP) is 0.906. The van der Waals surface area contributed by atoms with Gasteiger partial charge in [0.2, 0.25) is 0 Å². The lowest BCUT2D eigenvalue weighted by molar-refractivity contribution is 0.520. The smallest absolute Gasteiger partial charge is 0.150 e. The van der Waals surface area contributed by atoms with Crippen molar-refractivity contribution in [1.82, 2.24) is 15.1 Å². The maximum absolute atomic E-state index is 11.3. The third-order valence-electron chi connectivity index (χ3n) is 3.33. The second-order valence-electron chi connectivity index (χ2n) is 4.88. The van der Waals surface area contributed by atoms with Crippen molar-refractivity contribution in [3.05, 3.63) is 16.4 Å². The molecule has 7 heteroatoms. The summed E-state index contributed by atoms with van der Waals surface area (Å²) in [4.78, 5) is 0. The minimum absolute atomic E-state index is 0.228. The van der Waals surface area contributed by atoms with Crippen molar-refractivity contribution in [3.63, 3.8) is 0 Å². The Kier molecular flexibility index (Phi) is 3.99. The molecule has 1 unspecified atom stereocenters. The number of rotatable bonds is 4. The van der Waals surface area contributed by atoms with Gasteiger partial charge in [0.25, 0.3) is 0 Å². The summed E-state index contributed by atoms with van der Waals surface area (Å²) in [5, 5.41) is 8.15. The molecule has 0 bridgehead atoms. The minimum Gasteiger partial charge on any atom is -0.312 e. The van der Waals surface area contributed by atoms with Gasteiger partial charge in [0, 0.05) is 19.2 Å². The Bertz CT molecular complexity index is 539. The molecule has 0 aromatic carbocycles. The van der Waals surface area contributed by atoms with Gasteiger partial charge in [-0.15, -0.1) is 0 Å². The molecule has 102 valence electrons. The third kappa shape index (κ3) is 3.05. The molecule has 1 atom stereocenters. The molecule has 0 aliphatic carbocycles. The predicted molar refractivity (Wildman–Crippen MR) is 71.4 cm³/mol. The zero-order valence-electron chi connectivity index (χ0n) is 10.6. The average Bonchev–Trinajstić information content (AvgIpc) is 2.73. The Balaban J connectivity index is 1.86. The number of halogens is 1. The van der Waals surface area contributed by atoms with Crippen LogP contribution in [0, 0.1) is 12.8 Å². The number of nitrogens with one attached hydrogen (secondary N) is 1. The highest BCUT2D eigenvalue weighted by Gasteiger charge is 2.27. The number of hydrogen-bond acceptors (Lipinski definition) is 4. The van der Waals surface area contributed by atoms with Gasteiger partial charge in [-0.3, -0.25) is 4.68 Å². The number of aromatic nitrogens is 2. The molecular weight excluding hydrogens is 274 g/mol. The van der Waals surface area contributed by atoms with E-state index in [1.807, 2.05) is 14.0 Å². The summed E-state index contributed by atoms with van der Waals surface area (Å²) >= 11 is 6.12. The second-order valence-corrected chi connectivity index (χ2v) is 7.47. The SMILES string of the molecule is Cc1nn(C)c(Cl)c1CNCC1CCS(=O)(=O)C1. The summed E-state index contributed by atoms with van der Waals surface area (Å²) < 4.78 is 24.3. The van der Waals surface area contributed by atoms with Gasteiger partial charge < -0.3 is 5.32 Å². The maximum atomic E-state index is 11.3. The average molecular weight is 292 g/mol. The Labute approximate surface area is 112 Å². The fourth-order valence-corrected chi connectivity index (χ4v) is 4.41. The zero-order chi connectivity index (χ0) is 13.3. The summed E-state index contributed by atoms with van der Waals surface area (Å²) in [6, 6.07) is 0. The van der Waals surface area contributed by atoms with E-state index in [-0.39, 0.29) is 5.92 Å². The molecule has 2 rings (SSSR count). The Morgan fingerprint density at radius 3 is 2.78 bits per heavy atom. The van der Waals surface area contributed by atoms with E-state index in [9.17, 15) is 8.42 Å². The molecule has 1 aromatic heterocycles. The summed E-state index contributed by atoms with van der Waals surface area (Å²) in [6.45, 7) is 3.27. The van der Waals surface area contributed by atoms with Crippen molar-refractivity contribution < 1.29 is 8.42 Å². The third-order valence-corrected chi connectivity index (χ3v) is 5.64. The normalized spacial score (nSPS) is 22.5. The van der Waals surface area contributed by atoms with Crippen molar-refractivity contribution in [3.8, 4) is 0 Å². The molecule has 1 N–H and O–H groups in total. The molecule has 0 radical (unpaired) electrons. The molecule has 5 nitrogen and oxygen atoms in total. The molecule has 1 aliphatic rings. The van der Waals surface area contributed by atoms with E-state index >= 15 is 0 Å². The van der Waals surface area contributed by atoms with Crippen LogP contribution in [0.1, 0.15) is 17.7 Å². The molecular formula is C11H18ClN3O2S. The fraction of sp³-hybridized carbons (Fsp3) is 0.727. The molecule has 0 saturated carbocycles. The van der Waals surface area contributed by atoms with Crippen molar-refractivity contribution in [2.24, 2.45) is 13.0 Å².